The third kappa shape index (κ3) is 2.19. The Kier molecular flexibility index (Phi) is 3.52. The van der Waals surface area contributed by atoms with Crippen LogP contribution in [0.25, 0.3) is 0 Å². The van der Waals surface area contributed by atoms with Gasteiger partial charge in [0.15, 0.2) is 0 Å². The fourth-order valence-electron chi connectivity index (χ4n) is 2.52. The van der Waals surface area contributed by atoms with Crippen molar-refractivity contribution in [1.29, 1.82) is 0 Å². The molecule has 1 aliphatic heterocycles. The minimum absolute atomic E-state index is 0.131. The van der Waals surface area contributed by atoms with Crippen LogP contribution in [0.15, 0.2) is 29.2 Å². The van der Waals surface area contributed by atoms with E-state index >= 15 is 0 Å². The summed E-state index contributed by atoms with van der Waals surface area (Å²) in [5, 5.41) is 0. The second-order valence-electron chi connectivity index (χ2n) is 5.26. The van der Waals surface area contributed by atoms with Gasteiger partial charge in [0.25, 0.3) is 0 Å². The Morgan fingerprint density at radius 3 is 2.33 bits per heavy atom. The summed E-state index contributed by atoms with van der Waals surface area (Å²) in [7, 11) is -3.30. The number of nitrogens with zero attached hydrogens (tertiary/aromatic N) is 1. The molecule has 18 heavy (non-hydrogen) atoms. The highest BCUT2D eigenvalue weighted by molar-refractivity contribution is 7.89. The second-order valence-corrected chi connectivity index (χ2v) is 7.11. The average Bonchev–Trinajstić information content (AvgIpc) is 3.01. The van der Waals surface area contributed by atoms with Gasteiger partial charge in [0.2, 0.25) is 10.0 Å². The van der Waals surface area contributed by atoms with Crippen LogP contribution in [0.5, 0.6) is 0 Å². The summed E-state index contributed by atoms with van der Waals surface area (Å²) in [5.74, 6) is 0.417. The molecule has 0 aliphatic carbocycles. The molecule has 0 spiro atoms. The normalized spacial score (nSPS) is 29.0. The van der Waals surface area contributed by atoms with Gasteiger partial charge in [-0.1, -0.05) is 38.0 Å². The van der Waals surface area contributed by atoms with Crippen LogP contribution >= 0.6 is 0 Å². The number of hydrogen-bond acceptors (Lipinski definition) is 2. The fourth-order valence-corrected chi connectivity index (χ4v) is 4.46. The van der Waals surface area contributed by atoms with Crippen molar-refractivity contribution in [3.8, 4) is 0 Å². The summed E-state index contributed by atoms with van der Waals surface area (Å²) in [6.45, 7) is 8.17. The predicted molar refractivity (Wildman–Crippen MR) is 72.9 cm³/mol. The second kappa shape index (κ2) is 4.67. The Bertz CT molecular complexity index is 521. The van der Waals surface area contributed by atoms with Crippen molar-refractivity contribution in [2.45, 2.75) is 51.1 Å². The molecule has 1 aromatic carbocycles. The molecule has 0 saturated carbocycles. The van der Waals surface area contributed by atoms with Crippen molar-refractivity contribution in [3.05, 3.63) is 29.8 Å². The van der Waals surface area contributed by atoms with E-state index < -0.39 is 10.0 Å². The van der Waals surface area contributed by atoms with Crippen LogP contribution in [0.3, 0.4) is 0 Å². The van der Waals surface area contributed by atoms with Crippen LogP contribution in [0.2, 0.25) is 0 Å². The highest BCUT2D eigenvalue weighted by Crippen LogP contribution is 2.40. The SMILES string of the molecule is CCC(C)C1C(C)N1S(=O)(=O)c1ccc(C)cc1. The van der Waals surface area contributed by atoms with Crippen LogP contribution in [0.1, 0.15) is 32.8 Å². The van der Waals surface area contributed by atoms with Gasteiger partial charge in [0, 0.05) is 12.1 Å². The molecule has 0 radical (unpaired) electrons. The monoisotopic (exact) mass is 267 g/mol. The minimum Gasteiger partial charge on any atom is -0.207 e. The minimum atomic E-state index is -3.30. The van der Waals surface area contributed by atoms with Gasteiger partial charge in [0.1, 0.15) is 0 Å². The quantitative estimate of drug-likeness (QED) is 0.787. The molecule has 4 heteroatoms. The highest BCUT2D eigenvalue weighted by Gasteiger charge is 2.54. The van der Waals surface area contributed by atoms with Crippen molar-refractivity contribution in [3.63, 3.8) is 0 Å². The van der Waals surface area contributed by atoms with E-state index in [1.165, 1.54) is 0 Å². The summed E-state index contributed by atoms with van der Waals surface area (Å²) in [6, 6.07) is 7.39. The maximum Gasteiger partial charge on any atom is 0.243 e. The van der Waals surface area contributed by atoms with E-state index in [0.29, 0.717) is 10.8 Å². The molecule has 100 valence electrons. The van der Waals surface area contributed by atoms with Gasteiger partial charge in [-0.15, -0.1) is 0 Å². The van der Waals surface area contributed by atoms with Crippen molar-refractivity contribution in [2.24, 2.45) is 5.92 Å². The standard InChI is InChI=1S/C14H21NO2S/c1-5-11(3)14-12(4)15(14)18(16,17)13-8-6-10(2)7-9-13/h6-9,11-12,14H,5H2,1-4H3. The zero-order chi connectivity index (χ0) is 13.5. The van der Waals surface area contributed by atoms with E-state index in [1.807, 2.05) is 26.0 Å². The van der Waals surface area contributed by atoms with Gasteiger partial charge in [-0.3, -0.25) is 0 Å². The molecule has 4 atom stereocenters. The number of aryl methyl sites for hydroxylation is 1. The Balaban J connectivity index is 2.26. The van der Waals surface area contributed by atoms with E-state index in [0.717, 1.165) is 12.0 Å². The molecule has 3 nitrogen and oxygen atoms in total. The lowest BCUT2D eigenvalue weighted by molar-refractivity contribution is 0.485. The van der Waals surface area contributed by atoms with Crippen molar-refractivity contribution >= 4 is 10.0 Å². The van der Waals surface area contributed by atoms with Crippen LogP contribution < -0.4 is 0 Å². The van der Waals surface area contributed by atoms with Crippen molar-refractivity contribution in [1.82, 2.24) is 4.31 Å². The maximum absolute atomic E-state index is 12.5. The van der Waals surface area contributed by atoms with E-state index in [-0.39, 0.29) is 12.1 Å². The van der Waals surface area contributed by atoms with E-state index in [1.54, 1.807) is 16.4 Å². The van der Waals surface area contributed by atoms with Gasteiger partial charge in [-0.2, -0.15) is 4.31 Å². The smallest absolute Gasteiger partial charge is 0.207 e. The van der Waals surface area contributed by atoms with Crippen molar-refractivity contribution in [2.75, 3.05) is 0 Å². The molecule has 0 aromatic heterocycles. The largest absolute Gasteiger partial charge is 0.243 e. The molecular weight excluding hydrogens is 246 g/mol. The van der Waals surface area contributed by atoms with Gasteiger partial charge in [-0.25, -0.2) is 8.42 Å². The summed E-state index contributed by atoms with van der Waals surface area (Å²) in [4.78, 5) is 0.408. The summed E-state index contributed by atoms with van der Waals surface area (Å²) in [6.07, 6.45) is 1.01. The van der Waals surface area contributed by atoms with E-state index in [4.69, 9.17) is 0 Å². The van der Waals surface area contributed by atoms with Crippen LogP contribution in [0.4, 0.5) is 0 Å². The van der Waals surface area contributed by atoms with Crippen LogP contribution in [0, 0.1) is 12.8 Å². The molecule has 0 amide bonds. The fraction of sp³-hybridized carbons (Fsp3) is 0.571. The van der Waals surface area contributed by atoms with E-state index in [9.17, 15) is 8.42 Å². The van der Waals surface area contributed by atoms with Crippen LogP contribution in [-0.2, 0) is 10.0 Å². The Morgan fingerprint density at radius 1 is 1.28 bits per heavy atom. The molecule has 1 fully saturated rings. The summed E-state index contributed by atoms with van der Waals surface area (Å²) >= 11 is 0. The third-order valence-corrected chi connectivity index (χ3v) is 5.92. The number of rotatable bonds is 4. The maximum atomic E-state index is 12.5. The molecule has 1 saturated heterocycles. The van der Waals surface area contributed by atoms with Gasteiger partial charge in [-0.05, 0) is 31.9 Å². The number of benzene rings is 1. The lowest BCUT2D eigenvalue weighted by atomic mass is 10.0. The van der Waals surface area contributed by atoms with Crippen molar-refractivity contribution < 1.29 is 8.42 Å². The number of sulfonamides is 1. The highest BCUT2D eigenvalue weighted by atomic mass is 32.2. The first kappa shape index (κ1) is 13.6. The molecule has 2 rings (SSSR count). The summed E-state index contributed by atoms with van der Waals surface area (Å²) < 4.78 is 26.6. The molecule has 1 aliphatic rings. The Labute approximate surface area is 110 Å². The molecular formula is C14H21NO2S. The predicted octanol–water partition coefficient (Wildman–Crippen LogP) is 2.80. The molecule has 1 aromatic rings. The van der Waals surface area contributed by atoms with Gasteiger partial charge in [0.05, 0.1) is 4.90 Å². The Hall–Kier alpha value is -0.870. The van der Waals surface area contributed by atoms with E-state index in [2.05, 4.69) is 13.8 Å². The first-order valence-electron chi connectivity index (χ1n) is 6.49. The zero-order valence-corrected chi connectivity index (χ0v) is 12.2. The Morgan fingerprint density at radius 2 is 1.83 bits per heavy atom. The van der Waals surface area contributed by atoms with Gasteiger partial charge < -0.3 is 0 Å². The lowest BCUT2D eigenvalue weighted by Crippen LogP contribution is -2.18. The first-order valence-corrected chi connectivity index (χ1v) is 7.93. The first-order chi connectivity index (χ1) is 8.39. The summed E-state index contributed by atoms with van der Waals surface area (Å²) in [5.41, 5.74) is 1.08. The zero-order valence-electron chi connectivity index (χ0n) is 11.4. The average molecular weight is 267 g/mol. The molecule has 0 N–H and O–H groups in total. The molecule has 0 bridgehead atoms. The molecule has 1 heterocycles. The lowest BCUT2D eigenvalue weighted by Gasteiger charge is -2.10. The van der Waals surface area contributed by atoms with Gasteiger partial charge >= 0.3 is 0 Å². The topological polar surface area (TPSA) is 37.1 Å². The van der Waals surface area contributed by atoms with Crippen LogP contribution in [-0.4, -0.2) is 24.8 Å². The molecule has 4 unspecified atom stereocenters. The number of hydrogen-bond donors (Lipinski definition) is 0. The third-order valence-electron chi connectivity index (χ3n) is 3.92.